The van der Waals surface area contributed by atoms with Gasteiger partial charge >= 0.3 is 0 Å². The molecule has 0 unspecified atom stereocenters. The van der Waals surface area contributed by atoms with Gasteiger partial charge in [0.15, 0.2) is 0 Å². The van der Waals surface area contributed by atoms with Crippen LogP contribution in [-0.4, -0.2) is 35.1 Å². The number of carbonyl (C=O) groups is 2. The third kappa shape index (κ3) is 7.52. The highest BCUT2D eigenvalue weighted by Gasteiger charge is 2.28. The molecule has 4 nitrogen and oxygen atoms in total. The molecule has 162 valence electrons. The van der Waals surface area contributed by atoms with E-state index in [1.54, 1.807) is 16.7 Å². The Kier molecular flexibility index (Phi) is 10.5. The van der Waals surface area contributed by atoms with Crippen molar-refractivity contribution in [1.82, 2.24) is 10.2 Å². The number of nitrogens with one attached hydrogen (secondary N) is 1. The molecular formula is C25H34N2O2S. The van der Waals surface area contributed by atoms with Crippen molar-refractivity contribution in [1.29, 1.82) is 0 Å². The Labute approximate surface area is 185 Å². The van der Waals surface area contributed by atoms with E-state index in [-0.39, 0.29) is 11.8 Å². The first-order valence-corrected chi connectivity index (χ1v) is 12.0. The maximum Gasteiger partial charge on any atom is 0.242 e. The fourth-order valence-electron chi connectivity index (χ4n) is 3.32. The molecule has 0 spiro atoms. The van der Waals surface area contributed by atoms with Gasteiger partial charge in [-0.1, -0.05) is 68.4 Å². The highest BCUT2D eigenvalue weighted by molar-refractivity contribution is 7.98. The van der Waals surface area contributed by atoms with Gasteiger partial charge in [-0.25, -0.2) is 0 Å². The van der Waals surface area contributed by atoms with Crippen LogP contribution in [-0.2, 0) is 21.9 Å². The van der Waals surface area contributed by atoms with Crippen LogP contribution in [0.4, 0.5) is 0 Å². The van der Waals surface area contributed by atoms with E-state index in [4.69, 9.17) is 0 Å². The van der Waals surface area contributed by atoms with E-state index in [9.17, 15) is 9.59 Å². The SMILES string of the molecule is CCCNC(=O)[C@@H](CC)N(Cc1ccccc1C)C(=O)CCSCc1ccccc1. The van der Waals surface area contributed by atoms with E-state index in [0.717, 1.165) is 29.1 Å². The molecule has 1 atom stereocenters. The van der Waals surface area contributed by atoms with Crippen molar-refractivity contribution in [2.45, 2.75) is 58.4 Å². The van der Waals surface area contributed by atoms with E-state index in [0.29, 0.717) is 25.9 Å². The van der Waals surface area contributed by atoms with E-state index in [2.05, 4.69) is 17.4 Å². The maximum atomic E-state index is 13.2. The second kappa shape index (κ2) is 13.1. The molecule has 0 bridgehead atoms. The zero-order valence-electron chi connectivity index (χ0n) is 18.4. The van der Waals surface area contributed by atoms with Gasteiger partial charge in [0.05, 0.1) is 0 Å². The number of carbonyl (C=O) groups excluding carboxylic acids is 2. The number of amides is 2. The molecule has 2 aromatic rings. The van der Waals surface area contributed by atoms with Crippen molar-refractivity contribution >= 4 is 23.6 Å². The predicted molar refractivity (Wildman–Crippen MR) is 126 cm³/mol. The number of hydrogen-bond acceptors (Lipinski definition) is 3. The van der Waals surface area contributed by atoms with Gasteiger partial charge in [0.25, 0.3) is 0 Å². The topological polar surface area (TPSA) is 49.4 Å². The second-order valence-electron chi connectivity index (χ2n) is 7.45. The molecule has 0 radical (unpaired) electrons. The molecule has 2 rings (SSSR count). The number of nitrogens with zero attached hydrogens (tertiary/aromatic N) is 1. The molecule has 0 aliphatic rings. The highest BCUT2D eigenvalue weighted by atomic mass is 32.2. The molecule has 0 aromatic heterocycles. The fraction of sp³-hybridized carbons (Fsp3) is 0.440. The van der Waals surface area contributed by atoms with Gasteiger partial charge < -0.3 is 10.2 Å². The summed E-state index contributed by atoms with van der Waals surface area (Å²) in [4.78, 5) is 27.7. The van der Waals surface area contributed by atoms with Gasteiger partial charge in [-0.05, 0) is 36.5 Å². The van der Waals surface area contributed by atoms with Crippen LogP contribution in [0, 0.1) is 6.92 Å². The molecule has 0 fully saturated rings. The Balaban J connectivity index is 2.05. The molecule has 0 heterocycles. The molecule has 2 aromatic carbocycles. The van der Waals surface area contributed by atoms with Gasteiger partial charge in [0.2, 0.25) is 11.8 Å². The minimum Gasteiger partial charge on any atom is -0.354 e. The average Bonchev–Trinajstić information content (AvgIpc) is 2.77. The first kappa shape index (κ1) is 24.0. The summed E-state index contributed by atoms with van der Waals surface area (Å²) in [5.41, 5.74) is 3.49. The van der Waals surface area contributed by atoms with Crippen LogP contribution in [0.2, 0.25) is 0 Å². The quantitative estimate of drug-likeness (QED) is 0.489. The van der Waals surface area contributed by atoms with Crippen LogP contribution in [0.3, 0.4) is 0 Å². The smallest absolute Gasteiger partial charge is 0.242 e. The summed E-state index contributed by atoms with van der Waals surface area (Å²) in [5, 5.41) is 2.97. The van der Waals surface area contributed by atoms with Gasteiger partial charge in [-0.15, -0.1) is 0 Å². The van der Waals surface area contributed by atoms with Gasteiger partial charge in [0.1, 0.15) is 6.04 Å². The van der Waals surface area contributed by atoms with Crippen LogP contribution in [0.5, 0.6) is 0 Å². The molecule has 0 saturated carbocycles. The number of hydrogen-bond donors (Lipinski definition) is 1. The largest absolute Gasteiger partial charge is 0.354 e. The lowest BCUT2D eigenvalue weighted by atomic mass is 10.1. The van der Waals surface area contributed by atoms with Crippen LogP contribution in [0.15, 0.2) is 54.6 Å². The van der Waals surface area contributed by atoms with Crippen LogP contribution >= 0.6 is 11.8 Å². The lowest BCUT2D eigenvalue weighted by molar-refractivity contribution is -0.141. The van der Waals surface area contributed by atoms with Crippen molar-refractivity contribution in [2.75, 3.05) is 12.3 Å². The minimum absolute atomic E-state index is 0.0392. The zero-order valence-corrected chi connectivity index (χ0v) is 19.2. The summed E-state index contributed by atoms with van der Waals surface area (Å²) < 4.78 is 0. The Hall–Kier alpha value is -2.27. The normalized spacial score (nSPS) is 11.7. The number of rotatable bonds is 12. The summed E-state index contributed by atoms with van der Waals surface area (Å²) in [5.74, 6) is 1.61. The van der Waals surface area contributed by atoms with E-state index < -0.39 is 6.04 Å². The fourth-order valence-corrected chi connectivity index (χ4v) is 4.22. The lowest BCUT2D eigenvalue weighted by Gasteiger charge is -2.31. The second-order valence-corrected chi connectivity index (χ2v) is 8.56. The number of thioether (sulfide) groups is 1. The molecule has 0 saturated heterocycles. The summed E-state index contributed by atoms with van der Waals surface area (Å²) in [6.07, 6.45) is 1.91. The molecular weight excluding hydrogens is 392 g/mol. The average molecular weight is 427 g/mol. The van der Waals surface area contributed by atoms with Crippen LogP contribution < -0.4 is 5.32 Å². The molecule has 0 aliphatic carbocycles. The van der Waals surface area contributed by atoms with E-state index in [1.165, 1.54) is 5.56 Å². The van der Waals surface area contributed by atoms with Crippen molar-refractivity contribution in [3.8, 4) is 0 Å². The highest BCUT2D eigenvalue weighted by Crippen LogP contribution is 2.18. The number of benzene rings is 2. The van der Waals surface area contributed by atoms with Crippen molar-refractivity contribution in [3.05, 3.63) is 71.3 Å². The van der Waals surface area contributed by atoms with Crippen molar-refractivity contribution in [2.24, 2.45) is 0 Å². The predicted octanol–water partition coefficient (Wildman–Crippen LogP) is 4.95. The Morgan fingerprint density at radius 2 is 1.73 bits per heavy atom. The Morgan fingerprint density at radius 3 is 2.40 bits per heavy atom. The first-order valence-electron chi connectivity index (χ1n) is 10.8. The van der Waals surface area contributed by atoms with Gasteiger partial charge in [0, 0.05) is 31.0 Å². The molecule has 5 heteroatoms. The Bertz CT molecular complexity index is 795. The molecule has 1 N–H and O–H groups in total. The minimum atomic E-state index is -0.442. The summed E-state index contributed by atoms with van der Waals surface area (Å²) >= 11 is 1.76. The third-order valence-corrected chi connectivity index (χ3v) is 6.14. The van der Waals surface area contributed by atoms with E-state index >= 15 is 0 Å². The third-order valence-electron chi connectivity index (χ3n) is 5.11. The van der Waals surface area contributed by atoms with Gasteiger partial charge in [-0.2, -0.15) is 11.8 Å². The lowest BCUT2D eigenvalue weighted by Crippen LogP contribution is -2.49. The Morgan fingerprint density at radius 1 is 1.03 bits per heavy atom. The maximum absolute atomic E-state index is 13.2. The van der Waals surface area contributed by atoms with E-state index in [1.807, 2.05) is 63.2 Å². The molecule has 2 amide bonds. The van der Waals surface area contributed by atoms with Gasteiger partial charge in [-0.3, -0.25) is 9.59 Å². The summed E-state index contributed by atoms with van der Waals surface area (Å²) in [6, 6.07) is 17.9. The standard InChI is InChI=1S/C25H34N2O2S/c1-4-16-26-25(29)23(5-2)27(18-22-14-10-9-11-20(22)3)24(28)15-17-30-19-21-12-7-6-8-13-21/h6-14,23H,4-5,15-19H2,1-3H3,(H,26,29)/t23-/m1/s1. The summed E-state index contributed by atoms with van der Waals surface area (Å²) in [7, 11) is 0. The van der Waals surface area contributed by atoms with Crippen LogP contribution in [0.1, 0.15) is 49.8 Å². The monoisotopic (exact) mass is 426 g/mol. The van der Waals surface area contributed by atoms with Crippen LogP contribution in [0.25, 0.3) is 0 Å². The zero-order chi connectivity index (χ0) is 21.8. The molecule has 0 aliphatic heterocycles. The first-order chi connectivity index (χ1) is 14.6. The molecule has 30 heavy (non-hydrogen) atoms. The van der Waals surface area contributed by atoms with Crippen molar-refractivity contribution < 1.29 is 9.59 Å². The summed E-state index contributed by atoms with van der Waals surface area (Å²) in [6.45, 7) is 7.15. The number of aryl methyl sites for hydroxylation is 1. The van der Waals surface area contributed by atoms with Crippen molar-refractivity contribution in [3.63, 3.8) is 0 Å².